The third kappa shape index (κ3) is 3.44. The molecule has 0 atom stereocenters. The largest absolute Gasteiger partial charge is 0.398 e. The Morgan fingerprint density at radius 3 is 2.89 bits per heavy atom. The summed E-state index contributed by atoms with van der Waals surface area (Å²) in [6.07, 6.45) is 4.94. The first-order valence-electron chi connectivity index (χ1n) is 5.75. The zero-order valence-electron chi connectivity index (χ0n) is 10.5. The molecule has 1 amide bonds. The molecular formula is C12H15N5O2. The van der Waals surface area contributed by atoms with Crippen molar-refractivity contribution in [2.24, 2.45) is 7.05 Å². The van der Waals surface area contributed by atoms with Gasteiger partial charge in [0.15, 0.2) is 0 Å². The first-order valence-corrected chi connectivity index (χ1v) is 5.75. The Balaban J connectivity index is 1.94. The van der Waals surface area contributed by atoms with Crippen LogP contribution in [0.25, 0.3) is 0 Å². The van der Waals surface area contributed by atoms with Crippen molar-refractivity contribution >= 4 is 11.6 Å². The molecule has 0 unspecified atom stereocenters. The number of carbonyl (C=O) groups excluding carboxylic acids is 1. The molecule has 0 fully saturated rings. The average Bonchev–Trinajstić information content (AvgIpc) is 2.77. The molecular weight excluding hydrogens is 246 g/mol. The van der Waals surface area contributed by atoms with Crippen LogP contribution in [-0.4, -0.2) is 20.3 Å². The number of rotatable bonds is 4. The van der Waals surface area contributed by atoms with Crippen LogP contribution in [0.15, 0.2) is 35.5 Å². The first kappa shape index (κ1) is 12.9. The summed E-state index contributed by atoms with van der Waals surface area (Å²) in [5.41, 5.74) is 6.65. The number of nitrogens with two attached hydrogens (primary N) is 1. The lowest BCUT2D eigenvalue weighted by molar-refractivity contribution is -0.121. The normalized spacial score (nSPS) is 10.4. The van der Waals surface area contributed by atoms with Gasteiger partial charge in [0, 0.05) is 43.3 Å². The number of anilines is 1. The number of amides is 1. The predicted molar refractivity (Wildman–Crippen MR) is 70.2 cm³/mol. The molecule has 2 heterocycles. The summed E-state index contributed by atoms with van der Waals surface area (Å²) in [4.78, 5) is 23.2. The Morgan fingerprint density at radius 2 is 2.21 bits per heavy atom. The van der Waals surface area contributed by atoms with Crippen LogP contribution in [0.2, 0.25) is 0 Å². The van der Waals surface area contributed by atoms with Crippen molar-refractivity contribution in [2.75, 3.05) is 5.73 Å². The molecule has 0 aromatic carbocycles. The molecule has 0 radical (unpaired) electrons. The van der Waals surface area contributed by atoms with Crippen LogP contribution in [0.5, 0.6) is 0 Å². The van der Waals surface area contributed by atoms with Crippen molar-refractivity contribution in [3.63, 3.8) is 0 Å². The molecule has 0 spiro atoms. The molecule has 7 heteroatoms. The van der Waals surface area contributed by atoms with Gasteiger partial charge >= 0.3 is 0 Å². The van der Waals surface area contributed by atoms with Crippen LogP contribution in [0, 0.1) is 0 Å². The second-order valence-electron chi connectivity index (χ2n) is 4.23. The summed E-state index contributed by atoms with van der Waals surface area (Å²) in [5, 5.41) is 6.71. The molecule has 0 saturated carbocycles. The number of nitrogens with one attached hydrogen (secondary N) is 1. The van der Waals surface area contributed by atoms with Gasteiger partial charge in [0.2, 0.25) is 5.91 Å². The second kappa shape index (κ2) is 5.38. The van der Waals surface area contributed by atoms with Crippen molar-refractivity contribution < 1.29 is 4.79 Å². The smallest absolute Gasteiger partial charge is 0.251 e. The van der Waals surface area contributed by atoms with Crippen LogP contribution in [-0.2, 0) is 24.9 Å². The second-order valence-corrected chi connectivity index (χ2v) is 4.23. The minimum absolute atomic E-state index is 0.0515. The highest BCUT2D eigenvalue weighted by Crippen LogP contribution is 1.97. The summed E-state index contributed by atoms with van der Waals surface area (Å²) in [5.74, 6) is -0.253. The number of pyridine rings is 1. The van der Waals surface area contributed by atoms with E-state index < -0.39 is 0 Å². The summed E-state index contributed by atoms with van der Waals surface area (Å²) in [7, 11) is 1.80. The van der Waals surface area contributed by atoms with Crippen LogP contribution >= 0.6 is 0 Å². The van der Waals surface area contributed by atoms with E-state index in [0.29, 0.717) is 12.2 Å². The average molecular weight is 261 g/mol. The summed E-state index contributed by atoms with van der Waals surface area (Å²) >= 11 is 0. The Hall–Kier alpha value is -2.57. The highest BCUT2D eigenvalue weighted by molar-refractivity contribution is 5.75. The van der Waals surface area contributed by atoms with Crippen LogP contribution in [0.3, 0.4) is 0 Å². The third-order valence-electron chi connectivity index (χ3n) is 2.57. The molecule has 0 bridgehead atoms. The fourth-order valence-corrected chi connectivity index (χ4v) is 1.65. The third-order valence-corrected chi connectivity index (χ3v) is 2.57. The van der Waals surface area contributed by atoms with Crippen molar-refractivity contribution in [3.05, 3.63) is 46.6 Å². The summed E-state index contributed by atoms with van der Waals surface area (Å²) in [6.45, 7) is 0.327. The van der Waals surface area contributed by atoms with Gasteiger partial charge in [-0.2, -0.15) is 5.10 Å². The van der Waals surface area contributed by atoms with Gasteiger partial charge in [0.05, 0.1) is 6.20 Å². The SMILES string of the molecule is Cn1cc(CNC(=O)Cn2cc(N)ccc2=O)cn1. The van der Waals surface area contributed by atoms with Gasteiger partial charge in [-0.1, -0.05) is 0 Å². The molecule has 7 nitrogen and oxygen atoms in total. The van der Waals surface area contributed by atoms with E-state index in [1.807, 2.05) is 6.20 Å². The lowest BCUT2D eigenvalue weighted by atomic mass is 10.3. The number of nitrogen functional groups attached to an aromatic ring is 1. The van der Waals surface area contributed by atoms with Crippen LogP contribution < -0.4 is 16.6 Å². The Bertz CT molecular complexity index is 644. The maximum Gasteiger partial charge on any atom is 0.251 e. The van der Waals surface area contributed by atoms with Gasteiger partial charge in [0.25, 0.3) is 5.56 Å². The van der Waals surface area contributed by atoms with E-state index in [9.17, 15) is 9.59 Å². The number of carbonyl (C=O) groups is 1. The standard InChI is InChI=1S/C12H15N5O2/c1-16-6-9(5-15-16)4-14-11(18)8-17-7-10(13)2-3-12(17)19/h2-3,5-7H,4,8,13H2,1H3,(H,14,18). The minimum Gasteiger partial charge on any atom is -0.398 e. The van der Waals surface area contributed by atoms with E-state index >= 15 is 0 Å². The van der Waals surface area contributed by atoms with Gasteiger partial charge in [-0.25, -0.2) is 0 Å². The molecule has 3 N–H and O–H groups in total. The quantitative estimate of drug-likeness (QED) is 0.774. The van der Waals surface area contributed by atoms with Crippen molar-refractivity contribution in [1.82, 2.24) is 19.7 Å². The molecule has 0 aliphatic heterocycles. The number of hydrogen-bond acceptors (Lipinski definition) is 4. The molecule has 0 saturated heterocycles. The number of hydrogen-bond donors (Lipinski definition) is 2. The van der Waals surface area contributed by atoms with E-state index in [0.717, 1.165) is 5.56 Å². The fraction of sp³-hybridized carbons (Fsp3) is 0.250. The van der Waals surface area contributed by atoms with Crippen LogP contribution in [0.4, 0.5) is 5.69 Å². The Morgan fingerprint density at radius 1 is 1.42 bits per heavy atom. The number of nitrogens with zero attached hydrogens (tertiary/aromatic N) is 3. The Kier molecular flexibility index (Phi) is 3.65. The maximum absolute atomic E-state index is 11.7. The van der Waals surface area contributed by atoms with Gasteiger partial charge in [0.1, 0.15) is 6.54 Å². The molecule has 2 rings (SSSR count). The molecule has 19 heavy (non-hydrogen) atoms. The van der Waals surface area contributed by atoms with E-state index in [4.69, 9.17) is 5.73 Å². The van der Waals surface area contributed by atoms with Crippen LogP contribution in [0.1, 0.15) is 5.56 Å². The highest BCUT2D eigenvalue weighted by Gasteiger charge is 2.05. The van der Waals surface area contributed by atoms with Crippen molar-refractivity contribution in [2.45, 2.75) is 13.1 Å². The highest BCUT2D eigenvalue weighted by atomic mass is 16.2. The topological polar surface area (TPSA) is 94.9 Å². The molecule has 100 valence electrons. The first-order chi connectivity index (χ1) is 9.04. The van der Waals surface area contributed by atoms with Crippen molar-refractivity contribution in [3.8, 4) is 0 Å². The summed E-state index contributed by atoms with van der Waals surface area (Å²) < 4.78 is 2.93. The van der Waals surface area contributed by atoms with E-state index in [2.05, 4.69) is 10.4 Å². The zero-order valence-corrected chi connectivity index (χ0v) is 10.5. The lowest BCUT2D eigenvalue weighted by Gasteiger charge is -2.07. The molecule has 2 aromatic heterocycles. The van der Waals surface area contributed by atoms with E-state index in [-0.39, 0.29) is 18.0 Å². The monoisotopic (exact) mass is 261 g/mol. The molecule has 0 aliphatic rings. The van der Waals surface area contributed by atoms with E-state index in [1.54, 1.807) is 17.9 Å². The zero-order chi connectivity index (χ0) is 13.8. The summed E-state index contributed by atoms with van der Waals surface area (Å²) in [6, 6.07) is 2.84. The maximum atomic E-state index is 11.7. The van der Waals surface area contributed by atoms with Crippen molar-refractivity contribution in [1.29, 1.82) is 0 Å². The van der Waals surface area contributed by atoms with Gasteiger partial charge < -0.3 is 15.6 Å². The van der Waals surface area contributed by atoms with Gasteiger partial charge in [-0.3, -0.25) is 14.3 Å². The minimum atomic E-state index is -0.259. The molecule has 2 aromatic rings. The Labute approximate surface area is 109 Å². The van der Waals surface area contributed by atoms with Gasteiger partial charge in [-0.15, -0.1) is 0 Å². The number of aryl methyl sites for hydroxylation is 1. The predicted octanol–water partition coefficient (Wildman–Crippen LogP) is -0.520. The number of aromatic nitrogens is 3. The van der Waals surface area contributed by atoms with Gasteiger partial charge in [-0.05, 0) is 6.07 Å². The van der Waals surface area contributed by atoms with E-state index in [1.165, 1.54) is 22.9 Å². The fourth-order valence-electron chi connectivity index (χ4n) is 1.65. The lowest BCUT2D eigenvalue weighted by Crippen LogP contribution is -2.31. The molecule has 0 aliphatic carbocycles.